The summed E-state index contributed by atoms with van der Waals surface area (Å²) in [5.74, 6) is -5.97. The predicted octanol–water partition coefficient (Wildman–Crippen LogP) is 1.23. The SMILES string of the molecule is CCCCC(=O)N[C@H]1CC(=O)NCC[C@@H](C(N)=O)NC(=O)[C@H](Cc2c[nH]c3ccccc23)NC(=O)[C@H](CCCN=C(N)N)NC(=O)[C@@H](Cc2ccccc2)NC(=O)C2(CCC(c3ccccc3)CC2)NC1=O. The topological polar surface area (TPSA) is 327 Å². The number of carbonyl (C=O) groups is 8. The van der Waals surface area contributed by atoms with Gasteiger partial charge < -0.3 is 59.4 Å². The third kappa shape index (κ3) is 15.1. The van der Waals surface area contributed by atoms with Gasteiger partial charge in [0.1, 0.15) is 35.7 Å². The highest BCUT2D eigenvalue weighted by atomic mass is 16.2. The number of nitrogens with two attached hydrogens (primary N) is 3. The monoisotopic (exact) mass is 989 g/mol. The van der Waals surface area contributed by atoms with E-state index in [1.165, 1.54) is 0 Å². The second-order valence-corrected chi connectivity index (χ2v) is 18.6. The molecule has 8 amide bonds. The van der Waals surface area contributed by atoms with E-state index in [4.69, 9.17) is 17.2 Å². The van der Waals surface area contributed by atoms with Crippen LogP contribution in [0.5, 0.6) is 0 Å². The second kappa shape index (κ2) is 25.9. The van der Waals surface area contributed by atoms with Crippen molar-refractivity contribution in [3.8, 4) is 0 Å². The molecule has 2 fully saturated rings. The van der Waals surface area contributed by atoms with Gasteiger partial charge in [0.2, 0.25) is 47.3 Å². The summed E-state index contributed by atoms with van der Waals surface area (Å²) < 4.78 is 0. The van der Waals surface area contributed by atoms with Crippen LogP contribution in [-0.4, -0.2) is 107 Å². The summed E-state index contributed by atoms with van der Waals surface area (Å²) in [7, 11) is 0. The van der Waals surface area contributed by atoms with E-state index in [2.05, 4.69) is 47.2 Å². The molecule has 72 heavy (non-hydrogen) atoms. The number of nitrogens with zero attached hydrogens (tertiary/aromatic N) is 1. The van der Waals surface area contributed by atoms with Gasteiger partial charge in [0.05, 0.1) is 6.42 Å². The number of amides is 8. The van der Waals surface area contributed by atoms with Crippen LogP contribution < -0.4 is 54.4 Å². The number of rotatable bonds is 14. The van der Waals surface area contributed by atoms with E-state index in [0.29, 0.717) is 36.8 Å². The molecule has 14 N–H and O–H groups in total. The van der Waals surface area contributed by atoms with Gasteiger partial charge in [-0.1, -0.05) is 92.2 Å². The molecule has 1 aliphatic heterocycles. The lowest BCUT2D eigenvalue weighted by atomic mass is 9.73. The highest BCUT2D eigenvalue weighted by molar-refractivity contribution is 6.00. The maximum Gasteiger partial charge on any atom is 0.246 e. The van der Waals surface area contributed by atoms with Crippen molar-refractivity contribution in [1.29, 1.82) is 0 Å². The summed E-state index contributed by atoms with van der Waals surface area (Å²) in [6.45, 7) is 1.81. The molecule has 1 aliphatic carbocycles. The molecule has 1 saturated carbocycles. The number of nitrogens with one attached hydrogen (secondary N) is 8. The Morgan fingerprint density at radius 3 is 2.06 bits per heavy atom. The Morgan fingerprint density at radius 1 is 0.722 bits per heavy atom. The Balaban J connectivity index is 1.40. The smallest absolute Gasteiger partial charge is 0.246 e. The van der Waals surface area contributed by atoms with Crippen molar-refractivity contribution < 1.29 is 38.4 Å². The Bertz CT molecular complexity index is 2560. The number of H-pyrrole nitrogens is 1. The number of aromatic amines is 1. The standard InChI is InChI=1S/C52H68N12O8/c1-2-3-20-43(65)59-42-30-44(66)56-27-23-38(45(53)67)60-48(70)41(29-35-31-58-37-18-11-10-17-36(35)37)62-46(68)39(19-12-26-57-51(54)55)61-47(69)40(28-32-13-6-4-7-14-32)63-50(72)52(64-49(42)71)24-21-34(22-25-52)33-15-8-5-9-16-33/h4-11,13-18,31,34,38-42,58H,2-3,12,19-30H2,1H3,(H2,53,67)(H,56,66)(H,59,65)(H,60,70)(H,61,69)(H,62,68)(H,63,72)(H,64,71)(H4,54,55,57)/t34?,38-,39-,40+,41-,42-,52?/m0/s1. The van der Waals surface area contributed by atoms with Crippen LogP contribution >= 0.6 is 0 Å². The fraction of sp³-hybridized carbons (Fsp3) is 0.442. The van der Waals surface area contributed by atoms with Crippen LogP contribution in [0.15, 0.2) is 96.1 Å². The summed E-state index contributed by atoms with van der Waals surface area (Å²) in [6, 6.07) is 19.3. The van der Waals surface area contributed by atoms with Crippen molar-refractivity contribution >= 4 is 64.1 Å². The highest BCUT2D eigenvalue weighted by Crippen LogP contribution is 2.38. The first-order valence-corrected chi connectivity index (χ1v) is 24.7. The molecular formula is C52H68N12O8. The fourth-order valence-corrected chi connectivity index (χ4v) is 9.29. The number of para-hydroxylation sites is 1. The Hall–Kier alpha value is -7.77. The van der Waals surface area contributed by atoms with Crippen molar-refractivity contribution in [1.82, 2.24) is 42.2 Å². The van der Waals surface area contributed by atoms with E-state index in [9.17, 15) is 33.6 Å². The molecule has 3 aromatic carbocycles. The van der Waals surface area contributed by atoms with Crippen molar-refractivity contribution in [3.05, 3.63) is 108 Å². The van der Waals surface area contributed by atoms with Crippen molar-refractivity contribution in [2.24, 2.45) is 22.2 Å². The van der Waals surface area contributed by atoms with E-state index in [0.717, 1.165) is 16.5 Å². The minimum atomic E-state index is -1.62. The molecule has 6 rings (SSSR count). The predicted molar refractivity (Wildman–Crippen MR) is 271 cm³/mol. The van der Waals surface area contributed by atoms with Crippen LogP contribution in [0.1, 0.15) is 100 Å². The number of carbonyl (C=O) groups excluding carboxylic acids is 8. The molecule has 1 saturated heterocycles. The van der Waals surface area contributed by atoms with E-state index >= 15 is 4.79 Å². The molecule has 1 spiro atoms. The maximum absolute atomic E-state index is 15.1. The summed E-state index contributed by atoms with van der Waals surface area (Å²) in [5, 5.41) is 20.3. The van der Waals surface area contributed by atoms with Crippen LogP contribution in [0.2, 0.25) is 0 Å². The Labute approximate surface area is 418 Å². The maximum atomic E-state index is 15.1. The number of unbranched alkanes of at least 4 members (excludes halogenated alkanes) is 1. The molecule has 0 unspecified atom stereocenters. The van der Waals surface area contributed by atoms with Crippen LogP contribution in [0.4, 0.5) is 0 Å². The van der Waals surface area contributed by atoms with Gasteiger partial charge in [0.15, 0.2) is 5.96 Å². The van der Waals surface area contributed by atoms with Crippen LogP contribution in [0.3, 0.4) is 0 Å². The van der Waals surface area contributed by atoms with Gasteiger partial charge in [0.25, 0.3) is 0 Å². The first kappa shape index (κ1) is 53.6. The molecule has 2 heterocycles. The third-order valence-electron chi connectivity index (χ3n) is 13.3. The minimum absolute atomic E-state index is 0.0162. The zero-order chi connectivity index (χ0) is 51.6. The first-order chi connectivity index (χ1) is 34.6. The minimum Gasteiger partial charge on any atom is -0.370 e. The number of fused-ring (bicyclic) bond motifs is 1. The molecule has 384 valence electrons. The number of primary amides is 1. The molecular weight excluding hydrogens is 921 g/mol. The third-order valence-corrected chi connectivity index (χ3v) is 13.3. The van der Waals surface area contributed by atoms with Gasteiger partial charge in [0, 0.05) is 49.5 Å². The van der Waals surface area contributed by atoms with Crippen molar-refractivity contribution in [3.63, 3.8) is 0 Å². The summed E-state index contributed by atoms with van der Waals surface area (Å²) in [4.78, 5) is 120. The number of aliphatic imine (C=N–C) groups is 1. The fourth-order valence-electron chi connectivity index (χ4n) is 9.29. The summed E-state index contributed by atoms with van der Waals surface area (Å²) in [6.07, 6.45) is 3.56. The lowest BCUT2D eigenvalue weighted by Crippen LogP contribution is -2.66. The number of aromatic nitrogens is 1. The molecule has 0 radical (unpaired) electrons. The van der Waals surface area contributed by atoms with Gasteiger partial charge in [-0.2, -0.15) is 0 Å². The molecule has 1 aromatic heterocycles. The zero-order valence-corrected chi connectivity index (χ0v) is 40.7. The summed E-state index contributed by atoms with van der Waals surface area (Å²) in [5.41, 5.74) is 18.5. The molecule has 2 aliphatic rings. The lowest BCUT2D eigenvalue weighted by molar-refractivity contribution is -0.140. The largest absolute Gasteiger partial charge is 0.370 e. The van der Waals surface area contributed by atoms with E-state index in [-0.39, 0.29) is 76.3 Å². The quantitative estimate of drug-likeness (QED) is 0.0488. The molecule has 20 nitrogen and oxygen atoms in total. The van der Waals surface area contributed by atoms with Crippen LogP contribution in [-0.2, 0) is 51.2 Å². The first-order valence-electron chi connectivity index (χ1n) is 24.7. The zero-order valence-electron chi connectivity index (χ0n) is 40.7. The van der Waals surface area contributed by atoms with Gasteiger partial charge in [-0.15, -0.1) is 0 Å². The number of hydrogen-bond acceptors (Lipinski definition) is 9. The average molecular weight is 989 g/mol. The molecule has 20 heteroatoms. The van der Waals surface area contributed by atoms with E-state index < -0.39 is 89.4 Å². The Kier molecular flexibility index (Phi) is 19.3. The normalized spacial score (nSPS) is 24.0. The van der Waals surface area contributed by atoms with Crippen molar-refractivity contribution in [2.75, 3.05) is 13.1 Å². The number of benzene rings is 3. The Morgan fingerprint density at radius 2 is 1.36 bits per heavy atom. The lowest BCUT2D eigenvalue weighted by Gasteiger charge is -2.41. The van der Waals surface area contributed by atoms with E-state index in [1.54, 1.807) is 36.5 Å². The molecule has 0 bridgehead atoms. The highest BCUT2D eigenvalue weighted by Gasteiger charge is 2.46. The van der Waals surface area contributed by atoms with Gasteiger partial charge in [-0.05, 0) is 80.0 Å². The van der Waals surface area contributed by atoms with Crippen LogP contribution in [0.25, 0.3) is 10.9 Å². The number of guanidine groups is 1. The number of hydrogen-bond donors (Lipinski definition) is 11. The summed E-state index contributed by atoms with van der Waals surface area (Å²) >= 11 is 0. The van der Waals surface area contributed by atoms with Crippen molar-refractivity contribution in [2.45, 2.75) is 132 Å². The van der Waals surface area contributed by atoms with Gasteiger partial charge in [-0.3, -0.25) is 43.3 Å². The average Bonchev–Trinajstić information content (AvgIpc) is 3.78. The molecule has 4 aromatic rings. The van der Waals surface area contributed by atoms with Crippen LogP contribution in [0, 0.1) is 0 Å². The van der Waals surface area contributed by atoms with Gasteiger partial charge in [-0.25, -0.2) is 0 Å². The second-order valence-electron chi connectivity index (χ2n) is 18.6. The van der Waals surface area contributed by atoms with E-state index in [1.807, 2.05) is 61.5 Å². The van der Waals surface area contributed by atoms with Gasteiger partial charge >= 0.3 is 0 Å². The molecule has 5 atom stereocenters.